The monoisotopic (exact) mass is 532 g/mol. The Hall–Kier alpha value is -3.71. The number of oxazole rings is 1. The van der Waals surface area contributed by atoms with Crippen molar-refractivity contribution in [3.8, 4) is 5.75 Å². The molecule has 0 bridgehead atoms. The highest BCUT2D eigenvalue weighted by molar-refractivity contribution is 5.82. The molecule has 0 radical (unpaired) electrons. The second-order valence-corrected chi connectivity index (χ2v) is 8.72. The molecule has 0 N–H and O–H groups in total. The van der Waals surface area contributed by atoms with Gasteiger partial charge >= 0.3 is 18.4 Å². The number of amides is 1. The topological polar surface area (TPSA) is 82.6 Å². The van der Waals surface area contributed by atoms with E-state index in [4.69, 9.17) is 13.9 Å². The van der Waals surface area contributed by atoms with Crippen LogP contribution in [-0.2, 0) is 17.1 Å². The Balaban J connectivity index is 1.41. The van der Waals surface area contributed by atoms with Crippen LogP contribution in [0.5, 0.6) is 5.75 Å². The molecule has 1 unspecified atom stereocenters. The molecule has 1 aliphatic heterocycles. The Labute approximate surface area is 206 Å². The van der Waals surface area contributed by atoms with Crippen LogP contribution < -0.4 is 4.74 Å². The summed E-state index contributed by atoms with van der Waals surface area (Å²) in [6.07, 6.45) is -6.65. The molecule has 4 rings (SSSR count). The summed E-state index contributed by atoms with van der Waals surface area (Å²) < 4.78 is 96.1. The maximum absolute atomic E-state index is 13.7. The van der Waals surface area contributed by atoms with Gasteiger partial charge in [0.2, 0.25) is 12.7 Å². The molecule has 0 aliphatic carbocycles. The van der Waals surface area contributed by atoms with E-state index in [2.05, 4.69) is 9.97 Å². The van der Waals surface area contributed by atoms with Crippen molar-refractivity contribution >= 4 is 22.7 Å². The Morgan fingerprint density at radius 3 is 2.51 bits per heavy atom. The minimum atomic E-state index is -4.67. The largest absolute Gasteiger partial charge is 0.457 e. The highest BCUT2D eigenvalue weighted by Gasteiger charge is 2.37. The van der Waals surface area contributed by atoms with Crippen LogP contribution in [-0.4, -0.2) is 44.9 Å². The number of nitrogens with zero attached hydrogens (tertiary/aromatic N) is 4. The van der Waals surface area contributed by atoms with E-state index in [-0.39, 0.29) is 41.7 Å². The van der Waals surface area contributed by atoms with Gasteiger partial charge in [-0.05, 0) is 33.3 Å². The molecule has 200 valence electrons. The number of hydrogen-bond donors (Lipinski definition) is 0. The fraction of sp³-hybridized carbons (Fsp3) is 0.435. The van der Waals surface area contributed by atoms with Crippen molar-refractivity contribution in [1.82, 2.24) is 19.4 Å². The molecule has 3 aromatic rings. The minimum absolute atomic E-state index is 0.00408. The first-order chi connectivity index (χ1) is 17.3. The second kappa shape index (κ2) is 9.63. The van der Waals surface area contributed by atoms with Crippen molar-refractivity contribution in [2.24, 2.45) is 0 Å². The summed E-state index contributed by atoms with van der Waals surface area (Å²) in [5, 5.41) is 0. The predicted octanol–water partition coefficient (Wildman–Crippen LogP) is 6.29. The van der Waals surface area contributed by atoms with Gasteiger partial charge in [0.15, 0.2) is 5.69 Å². The average molecular weight is 532 g/mol. The first-order valence-electron chi connectivity index (χ1n) is 11.1. The standard InChI is InChI=1S/C23H22F6N4O4/c1-12(2)33-10-30-17-8-15(7-16(19(17)33)22(24,25)26)36-11-37-21(34)32-5-4-14(6-13(32)3)20-31-18(9-35-20)23(27,28)29/h4,7-10,12-13H,5-6,11H2,1-3H3. The van der Waals surface area contributed by atoms with Crippen LogP contribution in [0.4, 0.5) is 31.1 Å². The third kappa shape index (κ3) is 5.52. The summed E-state index contributed by atoms with van der Waals surface area (Å²) in [6.45, 7) is 4.44. The van der Waals surface area contributed by atoms with Crippen molar-refractivity contribution in [2.45, 2.75) is 51.6 Å². The van der Waals surface area contributed by atoms with Crippen LogP contribution in [0.3, 0.4) is 0 Å². The van der Waals surface area contributed by atoms with Crippen LogP contribution >= 0.6 is 0 Å². The van der Waals surface area contributed by atoms with Crippen molar-refractivity contribution in [3.63, 3.8) is 0 Å². The molecule has 1 aromatic carbocycles. The number of carbonyl (C=O) groups excluding carboxylic acids is 1. The van der Waals surface area contributed by atoms with E-state index in [1.807, 2.05) is 0 Å². The van der Waals surface area contributed by atoms with Gasteiger partial charge in [-0.15, -0.1) is 0 Å². The van der Waals surface area contributed by atoms with Gasteiger partial charge in [0, 0.05) is 30.3 Å². The third-order valence-corrected chi connectivity index (χ3v) is 5.80. The highest BCUT2D eigenvalue weighted by Crippen LogP contribution is 2.38. The zero-order chi connectivity index (χ0) is 27.1. The number of alkyl halides is 6. The minimum Gasteiger partial charge on any atom is -0.457 e. The van der Waals surface area contributed by atoms with Crippen LogP contribution in [0.2, 0.25) is 0 Å². The van der Waals surface area contributed by atoms with Crippen molar-refractivity contribution < 1.29 is 45.0 Å². The molecule has 0 saturated carbocycles. The molecule has 37 heavy (non-hydrogen) atoms. The number of hydrogen-bond acceptors (Lipinski definition) is 6. The van der Waals surface area contributed by atoms with Crippen LogP contribution in [0.1, 0.15) is 50.4 Å². The van der Waals surface area contributed by atoms with Gasteiger partial charge in [0.1, 0.15) is 12.0 Å². The van der Waals surface area contributed by atoms with Crippen LogP contribution in [0, 0.1) is 0 Å². The van der Waals surface area contributed by atoms with E-state index in [0.717, 1.165) is 6.07 Å². The molecule has 1 aliphatic rings. The molecule has 0 fully saturated rings. The molecule has 2 aromatic heterocycles. The fourth-order valence-corrected chi connectivity index (χ4v) is 3.95. The number of carbonyl (C=O) groups is 1. The lowest BCUT2D eigenvalue weighted by atomic mass is 10.0. The zero-order valence-electron chi connectivity index (χ0n) is 19.9. The number of fused-ring (bicyclic) bond motifs is 1. The zero-order valence-corrected chi connectivity index (χ0v) is 19.9. The first-order valence-corrected chi connectivity index (χ1v) is 11.1. The lowest BCUT2D eigenvalue weighted by Gasteiger charge is -2.31. The van der Waals surface area contributed by atoms with E-state index in [1.54, 1.807) is 20.8 Å². The van der Waals surface area contributed by atoms with Crippen molar-refractivity contribution in [3.05, 3.63) is 47.9 Å². The first kappa shape index (κ1) is 26.4. The normalized spacial score (nSPS) is 16.9. The van der Waals surface area contributed by atoms with Crippen LogP contribution in [0.25, 0.3) is 16.6 Å². The Morgan fingerprint density at radius 1 is 1.19 bits per heavy atom. The third-order valence-electron chi connectivity index (χ3n) is 5.80. The quantitative estimate of drug-likeness (QED) is 0.284. The van der Waals surface area contributed by atoms with E-state index in [1.165, 1.54) is 27.9 Å². The molecule has 1 atom stereocenters. The summed E-state index contributed by atoms with van der Waals surface area (Å²) in [6, 6.07) is 1.40. The lowest BCUT2D eigenvalue weighted by molar-refractivity contribution is -0.141. The van der Waals surface area contributed by atoms with E-state index >= 15 is 0 Å². The maximum Gasteiger partial charge on any atom is 0.436 e. The molecular formula is C23H22F6N4O4. The van der Waals surface area contributed by atoms with Crippen LogP contribution in [0.15, 0.2) is 35.2 Å². The number of rotatable bonds is 5. The van der Waals surface area contributed by atoms with Gasteiger partial charge in [-0.1, -0.05) is 6.08 Å². The molecule has 0 saturated heterocycles. The van der Waals surface area contributed by atoms with Crippen molar-refractivity contribution in [1.29, 1.82) is 0 Å². The Bertz CT molecular complexity index is 1320. The molecule has 8 nitrogen and oxygen atoms in total. The Kier molecular flexibility index (Phi) is 6.86. The number of aromatic nitrogens is 3. The summed E-state index contributed by atoms with van der Waals surface area (Å²) in [7, 11) is 0. The van der Waals surface area contributed by atoms with Gasteiger partial charge in [0.05, 0.1) is 22.9 Å². The van der Waals surface area contributed by atoms with Gasteiger partial charge < -0.3 is 23.4 Å². The second-order valence-electron chi connectivity index (χ2n) is 8.72. The predicted molar refractivity (Wildman–Crippen MR) is 117 cm³/mol. The lowest BCUT2D eigenvalue weighted by Crippen LogP contribution is -2.42. The summed E-state index contributed by atoms with van der Waals surface area (Å²) >= 11 is 0. The summed E-state index contributed by atoms with van der Waals surface area (Å²) in [4.78, 5) is 21.3. The van der Waals surface area contributed by atoms with Crippen molar-refractivity contribution in [2.75, 3.05) is 13.3 Å². The molecular weight excluding hydrogens is 510 g/mol. The van der Waals surface area contributed by atoms with Gasteiger partial charge in [-0.3, -0.25) is 0 Å². The molecule has 14 heteroatoms. The number of benzene rings is 1. The van der Waals surface area contributed by atoms with Gasteiger partial charge in [0.25, 0.3) is 0 Å². The molecule has 0 spiro atoms. The molecule has 3 heterocycles. The van der Waals surface area contributed by atoms with E-state index < -0.39 is 42.5 Å². The summed E-state index contributed by atoms with van der Waals surface area (Å²) in [5.74, 6) is -0.369. The van der Waals surface area contributed by atoms with E-state index in [9.17, 15) is 31.1 Å². The SMILES string of the molecule is CC1CC(c2nc(C(F)(F)F)co2)=CCN1C(=O)OCOc1cc(C(F)(F)F)c2c(c1)ncn2C(C)C. The number of ether oxygens (including phenoxy) is 2. The maximum atomic E-state index is 13.7. The fourth-order valence-electron chi connectivity index (χ4n) is 3.95. The van der Waals surface area contributed by atoms with Gasteiger partial charge in [-0.25, -0.2) is 14.8 Å². The number of halogens is 6. The highest BCUT2D eigenvalue weighted by atomic mass is 19.4. The average Bonchev–Trinajstić information content (AvgIpc) is 3.45. The smallest absolute Gasteiger partial charge is 0.436 e. The van der Waals surface area contributed by atoms with Gasteiger partial charge in [-0.2, -0.15) is 26.3 Å². The molecule has 1 amide bonds. The van der Waals surface area contributed by atoms with E-state index in [0.29, 0.717) is 11.8 Å². The number of imidazole rings is 1. The summed E-state index contributed by atoms with van der Waals surface area (Å²) in [5.41, 5.74) is -1.69. The Morgan fingerprint density at radius 2 is 1.92 bits per heavy atom.